The van der Waals surface area contributed by atoms with Crippen LogP contribution in [0.1, 0.15) is 38.9 Å². The van der Waals surface area contributed by atoms with Crippen molar-refractivity contribution in [1.29, 1.82) is 0 Å². The fourth-order valence-electron chi connectivity index (χ4n) is 1.37. The summed E-state index contributed by atoms with van der Waals surface area (Å²) >= 11 is 0. The highest BCUT2D eigenvalue weighted by Crippen LogP contribution is 2.10. The molecule has 0 saturated carbocycles. The van der Waals surface area contributed by atoms with Crippen molar-refractivity contribution in [3.63, 3.8) is 0 Å². The van der Waals surface area contributed by atoms with Gasteiger partial charge in [0.1, 0.15) is 0 Å². The number of rotatable bonds is 6. The largest absolute Gasteiger partial charge is 0.481 e. The Morgan fingerprint density at radius 2 is 2.18 bits per heavy atom. The summed E-state index contributed by atoms with van der Waals surface area (Å²) in [6.45, 7) is 5.71. The second kappa shape index (κ2) is 5.95. The number of carboxylic acid groups (broad SMARTS) is 1. The first-order valence-electron chi connectivity index (χ1n) is 5.53. The minimum atomic E-state index is -1.19. The Kier molecular flexibility index (Phi) is 4.86. The molecule has 17 heavy (non-hydrogen) atoms. The number of hydrogen-bond donors (Lipinski definition) is 1. The molecule has 0 aromatic carbocycles. The minimum Gasteiger partial charge on any atom is -0.481 e. The van der Waals surface area contributed by atoms with Gasteiger partial charge in [-0.1, -0.05) is 6.92 Å². The third-order valence-electron chi connectivity index (χ3n) is 2.39. The number of nitrogens with zero attached hydrogens (tertiary/aromatic N) is 2. The van der Waals surface area contributed by atoms with Gasteiger partial charge in [0.05, 0.1) is 17.9 Å². The molecule has 0 radical (unpaired) electrons. The molecule has 1 heterocycles. The van der Waals surface area contributed by atoms with E-state index in [1.54, 1.807) is 11.6 Å². The van der Waals surface area contributed by atoms with E-state index in [0.29, 0.717) is 5.75 Å². The summed E-state index contributed by atoms with van der Waals surface area (Å²) in [6, 6.07) is 2.10. The lowest BCUT2D eigenvalue weighted by atomic mass is 10.3. The van der Waals surface area contributed by atoms with E-state index in [4.69, 9.17) is 5.11 Å². The third-order valence-corrected chi connectivity index (χ3v) is 4.04. The van der Waals surface area contributed by atoms with E-state index in [0.717, 1.165) is 5.69 Å². The molecule has 0 bridgehead atoms. The van der Waals surface area contributed by atoms with Crippen molar-refractivity contribution in [3.05, 3.63) is 18.0 Å². The number of carbonyl (C=O) groups is 1. The van der Waals surface area contributed by atoms with Crippen LogP contribution < -0.4 is 0 Å². The van der Waals surface area contributed by atoms with Crippen LogP contribution in [0.4, 0.5) is 0 Å². The maximum absolute atomic E-state index is 11.8. The lowest BCUT2D eigenvalue weighted by Crippen LogP contribution is -2.17. The van der Waals surface area contributed by atoms with Crippen molar-refractivity contribution in [2.75, 3.05) is 0 Å². The molecule has 96 valence electrons. The number of aliphatic carboxylic acids is 1. The number of aromatic nitrogens is 2. The molecule has 0 amide bonds. The van der Waals surface area contributed by atoms with E-state index >= 15 is 0 Å². The molecule has 5 nitrogen and oxygen atoms in total. The Balaban J connectivity index is 2.58. The Morgan fingerprint density at radius 1 is 1.53 bits per heavy atom. The van der Waals surface area contributed by atoms with Gasteiger partial charge in [0, 0.05) is 28.3 Å². The summed E-state index contributed by atoms with van der Waals surface area (Å²) < 4.78 is 13.6. The molecular weight excluding hydrogens is 240 g/mol. The van der Waals surface area contributed by atoms with Crippen molar-refractivity contribution in [1.82, 2.24) is 9.78 Å². The third kappa shape index (κ3) is 4.30. The zero-order chi connectivity index (χ0) is 13.0. The number of carboxylic acids is 1. The molecule has 0 saturated heterocycles. The predicted molar refractivity (Wildman–Crippen MR) is 66.2 cm³/mol. The lowest BCUT2D eigenvalue weighted by molar-refractivity contribution is -0.136. The van der Waals surface area contributed by atoms with Crippen LogP contribution in [0, 0.1) is 0 Å². The highest BCUT2D eigenvalue weighted by molar-refractivity contribution is 7.84. The van der Waals surface area contributed by atoms with E-state index in [-0.39, 0.29) is 17.7 Å². The van der Waals surface area contributed by atoms with Crippen LogP contribution in [0.25, 0.3) is 0 Å². The molecule has 1 rings (SSSR count). The van der Waals surface area contributed by atoms with Gasteiger partial charge < -0.3 is 5.11 Å². The van der Waals surface area contributed by atoms with Gasteiger partial charge >= 0.3 is 5.97 Å². The van der Waals surface area contributed by atoms with E-state index < -0.39 is 16.8 Å². The maximum Gasteiger partial charge on any atom is 0.304 e. The second-order valence-corrected chi connectivity index (χ2v) is 6.17. The second-order valence-electron chi connectivity index (χ2n) is 4.31. The molecule has 2 atom stereocenters. The summed E-state index contributed by atoms with van der Waals surface area (Å²) in [6.07, 6.45) is 1.77. The summed E-state index contributed by atoms with van der Waals surface area (Å²) in [5.41, 5.74) is 0.745. The molecule has 6 heteroatoms. The average Bonchev–Trinajstić information content (AvgIpc) is 2.65. The summed E-state index contributed by atoms with van der Waals surface area (Å²) in [5, 5.41) is 12.6. The van der Waals surface area contributed by atoms with E-state index in [1.165, 1.54) is 0 Å². The van der Waals surface area contributed by atoms with Gasteiger partial charge in [0.25, 0.3) is 0 Å². The standard InChI is InChI=1S/C11H18N2O3S/c1-8(2)13-5-4-10(12-13)7-17(16)9(3)6-11(14)15/h4-5,8-9H,6-7H2,1-3H3,(H,14,15). The molecule has 1 aromatic heterocycles. The molecule has 1 N–H and O–H groups in total. The van der Waals surface area contributed by atoms with Crippen LogP contribution in [0.15, 0.2) is 12.3 Å². The Morgan fingerprint density at radius 3 is 2.65 bits per heavy atom. The first kappa shape index (κ1) is 13.9. The van der Waals surface area contributed by atoms with Crippen LogP contribution in [-0.4, -0.2) is 30.3 Å². The fraction of sp³-hybridized carbons (Fsp3) is 0.636. The SMILES string of the molecule is CC(C)n1ccc(CS(=O)C(C)CC(=O)O)n1. The summed E-state index contributed by atoms with van der Waals surface area (Å²) in [4.78, 5) is 10.5. The van der Waals surface area contributed by atoms with Crippen LogP contribution in [0.5, 0.6) is 0 Å². The monoisotopic (exact) mass is 258 g/mol. The van der Waals surface area contributed by atoms with Crippen LogP contribution in [0.2, 0.25) is 0 Å². The van der Waals surface area contributed by atoms with Crippen molar-refractivity contribution in [3.8, 4) is 0 Å². The van der Waals surface area contributed by atoms with Crippen molar-refractivity contribution >= 4 is 16.8 Å². The molecular formula is C11H18N2O3S. The Hall–Kier alpha value is -1.17. The molecule has 0 aliphatic rings. The van der Waals surface area contributed by atoms with E-state index in [1.807, 2.05) is 26.1 Å². The van der Waals surface area contributed by atoms with E-state index in [9.17, 15) is 9.00 Å². The fourth-order valence-corrected chi connectivity index (χ4v) is 2.43. The Labute approximate surface area is 103 Å². The molecule has 0 aliphatic carbocycles. The van der Waals surface area contributed by atoms with Gasteiger partial charge in [-0.3, -0.25) is 13.7 Å². The van der Waals surface area contributed by atoms with Crippen molar-refractivity contribution < 1.29 is 14.1 Å². The number of hydrogen-bond acceptors (Lipinski definition) is 3. The highest BCUT2D eigenvalue weighted by atomic mass is 32.2. The molecule has 1 aromatic rings. The predicted octanol–water partition coefficient (Wildman–Crippen LogP) is 1.58. The topological polar surface area (TPSA) is 72.2 Å². The van der Waals surface area contributed by atoms with Gasteiger partial charge in [-0.25, -0.2) is 0 Å². The van der Waals surface area contributed by atoms with Gasteiger partial charge in [-0.15, -0.1) is 0 Å². The average molecular weight is 258 g/mol. The van der Waals surface area contributed by atoms with Crippen LogP contribution in [-0.2, 0) is 21.3 Å². The van der Waals surface area contributed by atoms with Crippen molar-refractivity contribution in [2.45, 2.75) is 44.2 Å². The van der Waals surface area contributed by atoms with Crippen LogP contribution >= 0.6 is 0 Å². The molecule has 0 spiro atoms. The molecule has 0 fully saturated rings. The van der Waals surface area contributed by atoms with Crippen molar-refractivity contribution in [2.24, 2.45) is 0 Å². The zero-order valence-corrected chi connectivity index (χ0v) is 11.1. The van der Waals surface area contributed by atoms with Gasteiger partial charge in [0.2, 0.25) is 0 Å². The zero-order valence-electron chi connectivity index (χ0n) is 10.3. The maximum atomic E-state index is 11.8. The Bertz CT molecular complexity index is 415. The van der Waals surface area contributed by atoms with Gasteiger partial charge in [-0.2, -0.15) is 5.10 Å². The first-order chi connectivity index (χ1) is 7.90. The van der Waals surface area contributed by atoms with Crippen LogP contribution in [0.3, 0.4) is 0 Å². The summed E-state index contributed by atoms with van der Waals surface area (Å²) in [5.74, 6) is -0.604. The van der Waals surface area contributed by atoms with Gasteiger partial charge in [-0.05, 0) is 19.9 Å². The smallest absolute Gasteiger partial charge is 0.304 e. The highest BCUT2D eigenvalue weighted by Gasteiger charge is 2.16. The minimum absolute atomic E-state index is 0.0719. The summed E-state index contributed by atoms with van der Waals surface area (Å²) in [7, 11) is -1.19. The normalized spacial score (nSPS) is 14.8. The molecule has 2 unspecified atom stereocenters. The van der Waals surface area contributed by atoms with Gasteiger partial charge in [0.15, 0.2) is 0 Å². The first-order valence-corrected chi connectivity index (χ1v) is 6.91. The quantitative estimate of drug-likeness (QED) is 0.840. The lowest BCUT2D eigenvalue weighted by Gasteiger charge is -2.07. The van der Waals surface area contributed by atoms with E-state index in [2.05, 4.69) is 5.10 Å². The molecule has 0 aliphatic heterocycles.